The first-order valence-electron chi connectivity index (χ1n) is 8.49. The van der Waals surface area contributed by atoms with Crippen LogP contribution < -0.4 is 0 Å². The highest BCUT2D eigenvalue weighted by atomic mass is 31.1. The number of rotatable bonds is 4. The lowest BCUT2D eigenvalue weighted by atomic mass is 9.94. The summed E-state index contributed by atoms with van der Waals surface area (Å²) in [5.41, 5.74) is 3.13. The van der Waals surface area contributed by atoms with Crippen molar-refractivity contribution in [3.63, 3.8) is 0 Å². The van der Waals surface area contributed by atoms with Crippen molar-refractivity contribution in [2.75, 3.05) is 0 Å². The summed E-state index contributed by atoms with van der Waals surface area (Å²) in [6.07, 6.45) is 2.07. The molecule has 0 saturated carbocycles. The van der Waals surface area contributed by atoms with Gasteiger partial charge < -0.3 is 0 Å². The van der Waals surface area contributed by atoms with E-state index in [1.54, 1.807) is 0 Å². The van der Waals surface area contributed by atoms with Crippen molar-refractivity contribution in [1.82, 2.24) is 0 Å². The smallest absolute Gasteiger partial charge is 0.249 e. The summed E-state index contributed by atoms with van der Waals surface area (Å²) in [6, 6.07) is 12.5. The Hall–Kier alpha value is -1.66. The van der Waals surface area contributed by atoms with Crippen LogP contribution in [-0.2, 0) is 4.57 Å². The number of fused-ring (bicyclic) bond motifs is 3. The molecule has 0 bridgehead atoms. The van der Waals surface area contributed by atoms with Gasteiger partial charge in [0.1, 0.15) is 0 Å². The Morgan fingerprint density at radius 3 is 2.13 bits per heavy atom. The molecule has 3 heteroatoms. The molecule has 120 valence electrons. The third kappa shape index (κ3) is 2.70. The van der Waals surface area contributed by atoms with E-state index in [0.717, 1.165) is 45.4 Å². The molecule has 0 amide bonds. The standard InChI is InChI=1S/C20H24O2P/c1-5-13(3)15-9-7-11-17-18-12-8-10-16(14(4)6-2)20(18)23(21)22-19(15)17/h7-14H,5-6H2,1-4H3/q+1. The third-order valence-corrected chi connectivity index (χ3v) is 6.26. The molecule has 3 aromatic rings. The lowest BCUT2D eigenvalue weighted by Gasteiger charge is -2.11. The Bertz CT molecular complexity index is 911. The van der Waals surface area contributed by atoms with E-state index in [-0.39, 0.29) is 0 Å². The van der Waals surface area contributed by atoms with Crippen LogP contribution in [0.25, 0.3) is 21.5 Å². The molecule has 0 aliphatic rings. The second-order valence-electron chi connectivity index (χ2n) is 6.43. The molecule has 3 rings (SSSR count). The van der Waals surface area contributed by atoms with Gasteiger partial charge in [0, 0.05) is 21.9 Å². The van der Waals surface area contributed by atoms with E-state index in [0.29, 0.717) is 11.8 Å². The largest absolute Gasteiger partial charge is 0.598 e. The molecular formula is C20H24O2P+. The predicted octanol–water partition coefficient (Wildman–Crippen LogP) is 7.36. The lowest BCUT2D eigenvalue weighted by Crippen LogP contribution is -1.94. The van der Waals surface area contributed by atoms with Crippen molar-refractivity contribution in [2.24, 2.45) is 0 Å². The maximum atomic E-state index is 12.9. The van der Waals surface area contributed by atoms with Gasteiger partial charge in [-0.15, -0.1) is 0 Å². The number of para-hydroxylation sites is 1. The molecule has 3 unspecified atom stereocenters. The summed E-state index contributed by atoms with van der Waals surface area (Å²) in [4.78, 5) is 0. The topological polar surface area (TPSA) is 30.2 Å². The molecule has 2 aromatic carbocycles. The van der Waals surface area contributed by atoms with Gasteiger partial charge in [-0.25, -0.2) is 4.20 Å². The normalized spacial score (nSPS) is 15.0. The summed E-state index contributed by atoms with van der Waals surface area (Å²) in [7, 11) is -1.85. The fraction of sp³-hybridized carbons (Fsp3) is 0.400. The average Bonchev–Trinajstić information content (AvgIpc) is 2.59. The zero-order valence-electron chi connectivity index (χ0n) is 14.3. The quantitative estimate of drug-likeness (QED) is 0.469. The molecule has 1 heterocycles. The molecule has 23 heavy (non-hydrogen) atoms. The predicted molar refractivity (Wildman–Crippen MR) is 98.7 cm³/mol. The molecule has 1 aromatic heterocycles. The van der Waals surface area contributed by atoms with Crippen LogP contribution >= 0.6 is 7.65 Å². The highest BCUT2D eigenvalue weighted by molar-refractivity contribution is 7.37. The van der Waals surface area contributed by atoms with E-state index in [1.165, 1.54) is 0 Å². The molecule has 0 aliphatic carbocycles. The monoisotopic (exact) mass is 327 g/mol. The van der Waals surface area contributed by atoms with Crippen LogP contribution in [0.1, 0.15) is 63.5 Å². The van der Waals surface area contributed by atoms with Crippen LogP contribution in [0.2, 0.25) is 0 Å². The number of hydrogen-bond donors (Lipinski definition) is 0. The Balaban J connectivity index is 2.44. The molecule has 0 spiro atoms. The molecule has 3 atom stereocenters. The zero-order chi connectivity index (χ0) is 16.6. The number of benzene rings is 2. The van der Waals surface area contributed by atoms with E-state index in [9.17, 15) is 4.57 Å². The summed E-state index contributed by atoms with van der Waals surface area (Å²) in [6.45, 7) is 8.71. The molecule has 0 aliphatic heterocycles. The molecule has 0 fully saturated rings. The number of hydrogen-bond acceptors (Lipinski definition) is 2. The molecule has 0 saturated heterocycles. The molecule has 0 N–H and O–H groups in total. The first-order valence-corrected chi connectivity index (χ1v) is 9.67. The van der Waals surface area contributed by atoms with Crippen molar-refractivity contribution in [1.29, 1.82) is 0 Å². The Labute approximate surface area is 138 Å². The van der Waals surface area contributed by atoms with Crippen molar-refractivity contribution in [3.8, 4) is 0 Å². The van der Waals surface area contributed by atoms with Crippen LogP contribution in [0.4, 0.5) is 0 Å². The fourth-order valence-electron chi connectivity index (χ4n) is 3.21. The van der Waals surface area contributed by atoms with Crippen molar-refractivity contribution in [2.45, 2.75) is 52.4 Å². The second kappa shape index (κ2) is 6.45. The zero-order valence-corrected chi connectivity index (χ0v) is 15.2. The van der Waals surface area contributed by atoms with Gasteiger partial charge in [-0.1, -0.05) is 58.0 Å². The van der Waals surface area contributed by atoms with Gasteiger partial charge >= 0.3 is 7.65 Å². The van der Waals surface area contributed by atoms with Crippen LogP contribution in [0.3, 0.4) is 0 Å². The minimum Gasteiger partial charge on any atom is -0.249 e. The van der Waals surface area contributed by atoms with Crippen molar-refractivity contribution in [3.05, 3.63) is 47.5 Å². The van der Waals surface area contributed by atoms with E-state index in [2.05, 4.69) is 64.1 Å². The first kappa shape index (κ1) is 16.2. The Kier molecular flexibility index (Phi) is 4.55. The third-order valence-electron chi connectivity index (χ3n) is 5.05. The first-order chi connectivity index (χ1) is 11.1. The second-order valence-corrected chi connectivity index (χ2v) is 7.58. The Morgan fingerprint density at radius 1 is 0.913 bits per heavy atom. The van der Waals surface area contributed by atoms with Crippen LogP contribution in [-0.4, -0.2) is 0 Å². The van der Waals surface area contributed by atoms with Crippen molar-refractivity contribution < 1.29 is 8.76 Å². The lowest BCUT2D eigenvalue weighted by molar-refractivity contribution is 0.561. The summed E-state index contributed by atoms with van der Waals surface area (Å²) in [5.74, 6) is 0.777. The van der Waals surface area contributed by atoms with Crippen LogP contribution in [0, 0.1) is 0 Å². The van der Waals surface area contributed by atoms with Crippen LogP contribution in [0.5, 0.6) is 0 Å². The summed E-state index contributed by atoms with van der Waals surface area (Å²) in [5, 5.41) is 3.05. The maximum Gasteiger partial charge on any atom is 0.598 e. The average molecular weight is 327 g/mol. The summed E-state index contributed by atoms with van der Waals surface area (Å²) < 4.78 is 18.8. The highest BCUT2D eigenvalue weighted by Crippen LogP contribution is 2.42. The van der Waals surface area contributed by atoms with Gasteiger partial charge in [-0.2, -0.15) is 0 Å². The molecule has 2 nitrogen and oxygen atoms in total. The fourth-order valence-corrected chi connectivity index (χ4v) is 4.56. The van der Waals surface area contributed by atoms with E-state index >= 15 is 0 Å². The van der Waals surface area contributed by atoms with Gasteiger partial charge in [-0.3, -0.25) is 0 Å². The molecular weight excluding hydrogens is 303 g/mol. The van der Waals surface area contributed by atoms with Gasteiger partial charge in [0.05, 0.1) is 0 Å². The van der Waals surface area contributed by atoms with E-state index in [1.807, 2.05) is 0 Å². The highest BCUT2D eigenvalue weighted by Gasteiger charge is 2.24. The van der Waals surface area contributed by atoms with Gasteiger partial charge in [0.15, 0.2) is 5.58 Å². The Morgan fingerprint density at radius 2 is 1.48 bits per heavy atom. The van der Waals surface area contributed by atoms with Gasteiger partial charge in [-0.05, 0) is 35.3 Å². The minimum absolute atomic E-state index is 0.381. The van der Waals surface area contributed by atoms with Gasteiger partial charge in [0.2, 0.25) is 5.12 Å². The van der Waals surface area contributed by atoms with E-state index in [4.69, 9.17) is 4.20 Å². The molecule has 0 radical (unpaired) electrons. The maximum absolute atomic E-state index is 12.9. The van der Waals surface area contributed by atoms with Crippen molar-refractivity contribution >= 4 is 29.1 Å². The SMILES string of the molecule is CCC(C)c1cccc2c1o[p+](=O)c1c(C(C)CC)cccc21. The summed E-state index contributed by atoms with van der Waals surface area (Å²) >= 11 is 0. The van der Waals surface area contributed by atoms with Crippen LogP contribution in [0.15, 0.2) is 40.6 Å². The minimum atomic E-state index is -1.85. The van der Waals surface area contributed by atoms with E-state index < -0.39 is 7.65 Å². The van der Waals surface area contributed by atoms with Gasteiger partial charge in [0.25, 0.3) is 0 Å².